The Morgan fingerprint density at radius 2 is 2.14 bits per heavy atom. The molecule has 1 saturated carbocycles. The number of rotatable bonds is 4. The normalized spacial score (nSPS) is 21.9. The van der Waals surface area contributed by atoms with Crippen LogP contribution in [0.25, 0.3) is 0 Å². The van der Waals surface area contributed by atoms with Gasteiger partial charge in [-0.1, -0.05) is 0 Å². The van der Waals surface area contributed by atoms with Crippen molar-refractivity contribution in [3.63, 3.8) is 0 Å². The minimum absolute atomic E-state index is 0.0820. The van der Waals surface area contributed by atoms with Crippen molar-refractivity contribution in [2.75, 3.05) is 19.6 Å². The highest BCUT2D eigenvalue weighted by Crippen LogP contribution is 2.28. The topological polar surface area (TPSA) is 75.2 Å². The maximum atomic E-state index is 12.3. The Bertz CT molecular complexity index is 516. The molecule has 1 aromatic heterocycles. The van der Waals surface area contributed by atoms with E-state index in [0.29, 0.717) is 24.7 Å². The largest absolute Gasteiger partial charge is 0.356 e. The summed E-state index contributed by atoms with van der Waals surface area (Å²) in [5.74, 6) is 0.523. The van der Waals surface area contributed by atoms with E-state index in [9.17, 15) is 9.59 Å². The quantitative estimate of drug-likeness (QED) is 0.891. The third kappa shape index (κ3) is 3.56. The zero-order chi connectivity index (χ0) is 14.7. The molecule has 2 aliphatic rings. The first-order valence-electron chi connectivity index (χ1n) is 7.57. The predicted molar refractivity (Wildman–Crippen MR) is 76.4 cm³/mol. The second kappa shape index (κ2) is 6.20. The average Bonchev–Trinajstić information content (AvgIpc) is 3.37. The van der Waals surface area contributed by atoms with Crippen molar-refractivity contribution in [3.8, 4) is 0 Å². The molecule has 3 rings (SSSR count). The molecular formula is C15H20N4O2. The lowest BCUT2D eigenvalue weighted by Crippen LogP contribution is -2.46. The molecule has 2 heterocycles. The van der Waals surface area contributed by atoms with Crippen LogP contribution in [0.15, 0.2) is 18.6 Å². The molecule has 0 bridgehead atoms. The second-order valence-electron chi connectivity index (χ2n) is 5.87. The Hall–Kier alpha value is -1.98. The number of nitrogens with zero attached hydrogens (tertiary/aromatic N) is 3. The van der Waals surface area contributed by atoms with Crippen molar-refractivity contribution < 1.29 is 9.59 Å². The Labute approximate surface area is 124 Å². The van der Waals surface area contributed by atoms with Gasteiger partial charge in [0.25, 0.3) is 5.91 Å². The van der Waals surface area contributed by atoms with E-state index in [1.807, 2.05) is 0 Å². The SMILES string of the molecule is O=C(NCC1CC1)[C@H]1CCCN(C(=O)c2cnccn2)C1. The van der Waals surface area contributed by atoms with Gasteiger partial charge in [0.1, 0.15) is 5.69 Å². The van der Waals surface area contributed by atoms with E-state index in [-0.39, 0.29) is 17.7 Å². The van der Waals surface area contributed by atoms with Crippen molar-refractivity contribution in [2.45, 2.75) is 25.7 Å². The van der Waals surface area contributed by atoms with Gasteiger partial charge in [0.15, 0.2) is 0 Å². The van der Waals surface area contributed by atoms with E-state index in [1.54, 1.807) is 11.1 Å². The molecule has 1 aliphatic carbocycles. The van der Waals surface area contributed by atoms with Crippen molar-refractivity contribution in [3.05, 3.63) is 24.3 Å². The van der Waals surface area contributed by atoms with Crippen LogP contribution in [0.5, 0.6) is 0 Å². The van der Waals surface area contributed by atoms with E-state index in [0.717, 1.165) is 19.4 Å². The minimum Gasteiger partial charge on any atom is -0.356 e. The van der Waals surface area contributed by atoms with Gasteiger partial charge in [-0.05, 0) is 31.6 Å². The zero-order valence-electron chi connectivity index (χ0n) is 12.0. The maximum Gasteiger partial charge on any atom is 0.274 e. The minimum atomic E-state index is -0.136. The highest BCUT2D eigenvalue weighted by Gasteiger charge is 2.30. The van der Waals surface area contributed by atoms with Gasteiger partial charge in [0.2, 0.25) is 5.91 Å². The van der Waals surface area contributed by atoms with Crippen LogP contribution in [0.2, 0.25) is 0 Å². The van der Waals surface area contributed by atoms with Crippen LogP contribution < -0.4 is 5.32 Å². The number of hydrogen-bond donors (Lipinski definition) is 1. The van der Waals surface area contributed by atoms with Gasteiger partial charge in [-0.15, -0.1) is 0 Å². The molecule has 112 valence electrons. The zero-order valence-corrected chi connectivity index (χ0v) is 12.0. The first-order chi connectivity index (χ1) is 10.2. The lowest BCUT2D eigenvalue weighted by molar-refractivity contribution is -0.126. The number of aromatic nitrogens is 2. The number of amides is 2. The molecule has 2 amide bonds. The van der Waals surface area contributed by atoms with Crippen LogP contribution in [0.3, 0.4) is 0 Å². The summed E-state index contributed by atoms with van der Waals surface area (Å²) >= 11 is 0. The molecule has 0 radical (unpaired) electrons. The van der Waals surface area contributed by atoms with Crippen molar-refractivity contribution >= 4 is 11.8 Å². The van der Waals surface area contributed by atoms with Gasteiger partial charge in [-0.25, -0.2) is 4.98 Å². The molecule has 1 aromatic rings. The average molecular weight is 288 g/mol. The third-order valence-electron chi connectivity index (χ3n) is 4.12. The predicted octanol–water partition coefficient (Wildman–Crippen LogP) is 0.855. The molecule has 0 unspecified atom stereocenters. The summed E-state index contributed by atoms with van der Waals surface area (Å²) in [4.78, 5) is 34.2. The van der Waals surface area contributed by atoms with Crippen LogP contribution in [-0.2, 0) is 4.79 Å². The molecule has 21 heavy (non-hydrogen) atoms. The lowest BCUT2D eigenvalue weighted by Gasteiger charge is -2.31. The first kappa shape index (κ1) is 14.0. The Morgan fingerprint density at radius 1 is 1.29 bits per heavy atom. The number of likely N-dealkylation sites (tertiary alicyclic amines) is 1. The summed E-state index contributed by atoms with van der Waals surface area (Å²) < 4.78 is 0. The Morgan fingerprint density at radius 3 is 2.86 bits per heavy atom. The summed E-state index contributed by atoms with van der Waals surface area (Å²) in [5.41, 5.74) is 0.344. The monoisotopic (exact) mass is 288 g/mol. The van der Waals surface area contributed by atoms with Crippen LogP contribution >= 0.6 is 0 Å². The van der Waals surface area contributed by atoms with E-state index in [2.05, 4.69) is 15.3 Å². The van der Waals surface area contributed by atoms with Crippen molar-refractivity contribution in [1.29, 1.82) is 0 Å². The fraction of sp³-hybridized carbons (Fsp3) is 0.600. The summed E-state index contributed by atoms with van der Waals surface area (Å²) in [6.07, 6.45) is 8.68. The number of carbonyl (C=O) groups is 2. The third-order valence-corrected chi connectivity index (χ3v) is 4.12. The van der Waals surface area contributed by atoms with Gasteiger partial charge in [0.05, 0.1) is 12.1 Å². The van der Waals surface area contributed by atoms with Gasteiger partial charge in [-0.3, -0.25) is 14.6 Å². The first-order valence-corrected chi connectivity index (χ1v) is 7.57. The highest BCUT2D eigenvalue weighted by molar-refractivity contribution is 5.92. The summed E-state index contributed by atoms with van der Waals surface area (Å²) in [6.45, 7) is 1.95. The number of nitrogens with one attached hydrogen (secondary N) is 1. The highest BCUT2D eigenvalue weighted by atomic mass is 16.2. The molecule has 0 spiro atoms. The van der Waals surface area contributed by atoms with Crippen molar-refractivity contribution in [2.24, 2.45) is 11.8 Å². The molecule has 6 heteroatoms. The lowest BCUT2D eigenvalue weighted by atomic mass is 9.97. The smallest absolute Gasteiger partial charge is 0.274 e. The van der Waals surface area contributed by atoms with E-state index in [1.165, 1.54) is 25.2 Å². The Balaban J connectivity index is 1.57. The molecular weight excluding hydrogens is 268 g/mol. The molecule has 2 fully saturated rings. The van der Waals surface area contributed by atoms with Gasteiger partial charge in [0, 0.05) is 32.0 Å². The number of hydrogen-bond acceptors (Lipinski definition) is 4. The maximum absolute atomic E-state index is 12.3. The van der Waals surface area contributed by atoms with E-state index >= 15 is 0 Å². The standard InChI is InChI=1S/C15H20N4O2/c20-14(18-8-11-3-4-11)12-2-1-7-19(10-12)15(21)13-9-16-5-6-17-13/h5-6,9,11-12H,1-4,7-8,10H2,(H,18,20)/t12-/m0/s1. The number of piperidine rings is 1. The number of carbonyl (C=O) groups excluding carboxylic acids is 2. The molecule has 1 saturated heterocycles. The summed E-state index contributed by atoms with van der Waals surface area (Å²) in [7, 11) is 0. The van der Waals surface area contributed by atoms with Gasteiger partial charge >= 0.3 is 0 Å². The molecule has 1 atom stereocenters. The molecule has 1 aliphatic heterocycles. The Kier molecular flexibility index (Phi) is 4.13. The molecule has 6 nitrogen and oxygen atoms in total. The van der Waals surface area contributed by atoms with E-state index in [4.69, 9.17) is 0 Å². The summed E-state index contributed by atoms with van der Waals surface area (Å²) in [6, 6.07) is 0. The van der Waals surface area contributed by atoms with Crippen molar-refractivity contribution in [1.82, 2.24) is 20.2 Å². The van der Waals surface area contributed by atoms with Crippen LogP contribution in [0.4, 0.5) is 0 Å². The second-order valence-corrected chi connectivity index (χ2v) is 5.87. The van der Waals surface area contributed by atoms with E-state index < -0.39 is 0 Å². The van der Waals surface area contributed by atoms with Crippen LogP contribution in [0, 0.1) is 11.8 Å². The fourth-order valence-electron chi connectivity index (χ4n) is 2.66. The van der Waals surface area contributed by atoms with Gasteiger partial charge < -0.3 is 10.2 Å². The summed E-state index contributed by atoms with van der Waals surface area (Å²) in [5, 5.41) is 3.01. The molecule has 0 aromatic carbocycles. The van der Waals surface area contributed by atoms with Gasteiger partial charge in [-0.2, -0.15) is 0 Å². The van der Waals surface area contributed by atoms with Crippen LogP contribution in [0.1, 0.15) is 36.2 Å². The fourth-order valence-corrected chi connectivity index (χ4v) is 2.66. The van der Waals surface area contributed by atoms with Crippen LogP contribution in [-0.4, -0.2) is 46.3 Å². The molecule has 1 N–H and O–H groups in total.